The average molecular weight is 300 g/mol. The first-order valence-electron chi connectivity index (χ1n) is 7.41. The van der Waals surface area contributed by atoms with Crippen LogP contribution in [0.4, 0.5) is 4.39 Å². The van der Waals surface area contributed by atoms with Gasteiger partial charge >= 0.3 is 5.97 Å². The minimum Gasteiger partial charge on any atom is -0.461 e. The van der Waals surface area contributed by atoms with Gasteiger partial charge in [-0.05, 0) is 37.1 Å². The predicted molar refractivity (Wildman–Crippen MR) is 83.5 cm³/mol. The number of H-pyrrole nitrogens is 1. The van der Waals surface area contributed by atoms with Crippen molar-refractivity contribution in [2.24, 2.45) is 0 Å². The molecule has 2 aromatic heterocycles. The van der Waals surface area contributed by atoms with Gasteiger partial charge in [-0.25, -0.2) is 14.2 Å². The molecule has 0 radical (unpaired) electrons. The molecule has 0 aliphatic carbocycles. The fourth-order valence-electron chi connectivity index (χ4n) is 2.80. The van der Waals surface area contributed by atoms with Crippen LogP contribution in [0.2, 0.25) is 0 Å². The van der Waals surface area contributed by atoms with Crippen molar-refractivity contribution in [1.82, 2.24) is 9.97 Å². The molecule has 4 nitrogen and oxygen atoms in total. The van der Waals surface area contributed by atoms with Crippen LogP contribution in [0, 0.1) is 5.82 Å². The molecule has 2 heterocycles. The molecule has 0 fully saturated rings. The Kier molecular flexibility index (Phi) is 3.79. The predicted octanol–water partition coefficient (Wildman–Crippen LogP) is 3.98. The van der Waals surface area contributed by atoms with E-state index < -0.39 is 5.97 Å². The highest BCUT2D eigenvalue weighted by Gasteiger charge is 2.19. The lowest BCUT2D eigenvalue weighted by atomic mass is 10.0. The molecule has 0 atom stereocenters. The lowest BCUT2D eigenvalue weighted by Gasteiger charge is -2.09. The van der Waals surface area contributed by atoms with Crippen LogP contribution in [-0.2, 0) is 11.2 Å². The van der Waals surface area contributed by atoms with E-state index in [1.54, 1.807) is 19.2 Å². The van der Waals surface area contributed by atoms with Gasteiger partial charge in [-0.1, -0.05) is 13.3 Å². The molecule has 22 heavy (non-hydrogen) atoms. The summed E-state index contributed by atoms with van der Waals surface area (Å²) in [6.45, 7) is 4.09. The topological polar surface area (TPSA) is 55.0 Å². The molecule has 1 N–H and O–H groups in total. The summed E-state index contributed by atoms with van der Waals surface area (Å²) in [5.41, 5.74) is 2.77. The van der Waals surface area contributed by atoms with Gasteiger partial charge in [0.1, 0.15) is 5.82 Å². The van der Waals surface area contributed by atoms with Gasteiger partial charge in [-0.3, -0.25) is 0 Å². The highest BCUT2D eigenvalue weighted by Crippen LogP contribution is 2.31. The largest absolute Gasteiger partial charge is 0.461 e. The highest BCUT2D eigenvalue weighted by molar-refractivity contribution is 6.11. The Morgan fingerprint density at radius 1 is 1.32 bits per heavy atom. The summed E-state index contributed by atoms with van der Waals surface area (Å²) >= 11 is 0. The first-order chi connectivity index (χ1) is 10.7. The number of aryl methyl sites for hydroxylation is 1. The van der Waals surface area contributed by atoms with E-state index in [1.165, 1.54) is 12.1 Å². The summed E-state index contributed by atoms with van der Waals surface area (Å²) in [5, 5.41) is 1.63. The monoisotopic (exact) mass is 300 g/mol. The lowest BCUT2D eigenvalue weighted by Crippen LogP contribution is -2.11. The van der Waals surface area contributed by atoms with Gasteiger partial charge in [0.25, 0.3) is 0 Å². The quantitative estimate of drug-likeness (QED) is 0.741. The van der Waals surface area contributed by atoms with Crippen molar-refractivity contribution in [3.63, 3.8) is 0 Å². The standard InChI is InChI=1S/C17H17FN2O2/c1-3-5-11-15-12-8-10(18)6-7-13(12)20-14(15)9-19-16(11)17(21)22-4-2/h6-9,20H,3-5H2,1-2H3. The number of esters is 1. The maximum atomic E-state index is 13.6. The summed E-state index contributed by atoms with van der Waals surface area (Å²) < 4.78 is 18.7. The maximum Gasteiger partial charge on any atom is 0.357 e. The maximum absolute atomic E-state index is 13.6. The van der Waals surface area contributed by atoms with Crippen LogP contribution in [0.15, 0.2) is 24.4 Å². The van der Waals surface area contributed by atoms with Crippen molar-refractivity contribution in [3.8, 4) is 0 Å². The van der Waals surface area contributed by atoms with Crippen molar-refractivity contribution in [1.29, 1.82) is 0 Å². The molecule has 0 aliphatic heterocycles. The van der Waals surface area contributed by atoms with E-state index in [0.29, 0.717) is 18.7 Å². The number of hydrogen-bond acceptors (Lipinski definition) is 3. The van der Waals surface area contributed by atoms with E-state index in [2.05, 4.69) is 9.97 Å². The molecule has 0 unspecified atom stereocenters. The van der Waals surface area contributed by atoms with Gasteiger partial charge in [0.05, 0.1) is 18.3 Å². The Hall–Kier alpha value is -2.43. The Morgan fingerprint density at radius 3 is 2.86 bits per heavy atom. The number of ether oxygens (including phenoxy) is 1. The van der Waals surface area contributed by atoms with Crippen molar-refractivity contribution in [3.05, 3.63) is 41.5 Å². The van der Waals surface area contributed by atoms with Gasteiger partial charge in [0, 0.05) is 16.3 Å². The van der Waals surface area contributed by atoms with Crippen molar-refractivity contribution >= 4 is 27.8 Å². The molecule has 0 saturated carbocycles. The molecule has 114 valence electrons. The minimum atomic E-state index is -0.432. The number of aromatic amines is 1. The Labute approximate surface area is 127 Å². The summed E-state index contributed by atoms with van der Waals surface area (Å²) in [4.78, 5) is 19.6. The third kappa shape index (κ3) is 2.32. The Morgan fingerprint density at radius 2 is 2.14 bits per heavy atom. The third-order valence-electron chi connectivity index (χ3n) is 3.67. The number of carbonyl (C=O) groups is 1. The normalized spacial score (nSPS) is 11.2. The molecular weight excluding hydrogens is 283 g/mol. The molecule has 0 amide bonds. The summed E-state index contributed by atoms with van der Waals surface area (Å²) in [6, 6.07) is 4.60. The van der Waals surface area contributed by atoms with Gasteiger partial charge in [-0.15, -0.1) is 0 Å². The van der Waals surface area contributed by atoms with E-state index in [-0.39, 0.29) is 5.82 Å². The average Bonchev–Trinajstić information content (AvgIpc) is 2.86. The van der Waals surface area contributed by atoms with Crippen molar-refractivity contribution in [2.75, 3.05) is 6.61 Å². The van der Waals surface area contributed by atoms with Crippen LogP contribution in [0.5, 0.6) is 0 Å². The third-order valence-corrected chi connectivity index (χ3v) is 3.67. The number of halogens is 1. The Balaban J connectivity index is 2.34. The van der Waals surface area contributed by atoms with E-state index in [9.17, 15) is 9.18 Å². The van der Waals surface area contributed by atoms with E-state index in [4.69, 9.17) is 4.74 Å². The summed E-state index contributed by atoms with van der Waals surface area (Å²) in [6.07, 6.45) is 3.15. The molecule has 3 aromatic rings. The Bertz CT molecular complexity index is 855. The zero-order valence-electron chi connectivity index (χ0n) is 12.6. The van der Waals surface area contributed by atoms with Gasteiger partial charge in [-0.2, -0.15) is 0 Å². The number of aromatic nitrogens is 2. The van der Waals surface area contributed by atoms with E-state index in [1.807, 2.05) is 6.92 Å². The SMILES string of the molecule is CCCc1c(C(=O)OCC)ncc2[nH]c3ccc(F)cc3c12. The second kappa shape index (κ2) is 5.75. The first kappa shape index (κ1) is 14.5. The second-order valence-corrected chi connectivity index (χ2v) is 5.16. The molecule has 0 aliphatic rings. The van der Waals surface area contributed by atoms with Crippen molar-refractivity contribution < 1.29 is 13.9 Å². The first-order valence-corrected chi connectivity index (χ1v) is 7.41. The molecular formula is C17H17FN2O2. The van der Waals surface area contributed by atoms with Crippen LogP contribution in [-0.4, -0.2) is 22.5 Å². The summed E-state index contributed by atoms with van der Waals surface area (Å²) in [5.74, 6) is -0.732. The second-order valence-electron chi connectivity index (χ2n) is 5.16. The number of hydrogen-bond donors (Lipinski definition) is 1. The molecule has 5 heteroatoms. The number of benzene rings is 1. The zero-order chi connectivity index (χ0) is 15.7. The number of carbonyl (C=O) groups excluding carboxylic acids is 1. The molecule has 0 saturated heterocycles. The van der Waals surface area contributed by atoms with Crippen LogP contribution >= 0.6 is 0 Å². The zero-order valence-corrected chi connectivity index (χ0v) is 12.6. The molecule has 0 bridgehead atoms. The number of nitrogens with one attached hydrogen (secondary N) is 1. The van der Waals surface area contributed by atoms with Crippen molar-refractivity contribution in [2.45, 2.75) is 26.7 Å². The van der Waals surface area contributed by atoms with Gasteiger partial charge in [0.2, 0.25) is 0 Å². The van der Waals surface area contributed by atoms with Crippen LogP contribution in [0.25, 0.3) is 21.8 Å². The van der Waals surface area contributed by atoms with Gasteiger partial charge in [0.15, 0.2) is 5.69 Å². The van der Waals surface area contributed by atoms with Crippen LogP contribution in [0.1, 0.15) is 36.3 Å². The number of nitrogens with zero attached hydrogens (tertiary/aromatic N) is 1. The minimum absolute atomic E-state index is 0.298. The molecule has 0 spiro atoms. The number of fused-ring (bicyclic) bond motifs is 3. The smallest absolute Gasteiger partial charge is 0.357 e. The van der Waals surface area contributed by atoms with E-state index >= 15 is 0 Å². The highest BCUT2D eigenvalue weighted by atomic mass is 19.1. The van der Waals surface area contributed by atoms with Crippen LogP contribution < -0.4 is 0 Å². The molecule has 3 rings (SSSR count). The number of rotatable bonds is 4. The molecule has 1 aromatic carbocycles. The summed E-state index contributed by atoms with van der Waals surface area (Å²) in [7, 11) is 0. The van der Waals surface area contributed by atoms with E-state index in [0.717, 1.165) is 33.8 Å². The lowest BCUT2D eigenvalue weighted by molar-refractivity contribution is 0.0518. The van der Waals surface area contributed by atoms with Gasteiger partial charge < -0.3 is 9.72 Å². The number of pyridine rings is 1. The fraction of sp³-hybridized carbons (Fsp3) is 0.294. The fourth-order valence-corrected chi connectivity index (χ4v) is 2.80. The van der Waals surface area contributed by atoms with Crippen LogP contribution in [0.3, 0.4) is 0 Å².